The Balaban J connectivity index is 3.65. The van der Waals surface area contributed by atoms with E-state index in [4.69, 9.17) is 0 Å². The first-order chi connectivity index (χ1) is 5.31. The zero-order valence-corrected chi connectivity index (χ0v) is 10.3. The van der Waals surface area contributed by atoms with Gasteiger partial charge in [-0.2, -0.15) is 0 Å². The Bertz CT molecular complexity index is 209. The van der Waals surface area contributed by atoms with Gasteiger partial charge in [0.1, 0.15) is 9.84 Å². The molecule has 2 nitrogen and oxygen atoms in total. The SMILES string of the molecule is CC(Br)CC(C)CCS(C)(=O)=O. The van der Waals surface area contributed by atoms with E-state index in [1.54, 1.807) is 0 Å². The summed E-state index contributed by atoms with van der Waals surface area (Å²) >= 11 is 3.45. The summed E-state index contributed by atoms with van der Waals surface area (Å²) < 4.78 is 21.6. The average molecular weight is 257 g/mol. The summed E-state index contributed by atoms with van der Waals surface area (Å²) in [6.07, 6.45) is 3.10. The highest BCUT2D eigenvalue weighted by Gasteiger charge is 2.09. The number of rotatable bonds is 5. The Morgan fingerprint density at radius 1 is 1.33 bits per heavy atom. The quantitative estimate of drug-likeness (QED) is 0.708. The lowest BCUT2D eigenvalue weighted by molar-refractivity contribution is 0.512. The number of hydrogen-bond acceptors (Lipinski definition) is 2. The first kappa shape index (κ1) is 12.4. The van der Waals surface area contributed by atoms with Crippen molar-refractivity contribution in [1.29, 1.82) is 0 Å². The van der Waals surface area contributed by atoms with Crippen molar-refractivity contribution in [1.82, 2.24) is 0 Å². The van der Waals surface area contributed by atoms with Crippen LogP contribution in [0.4, 0.5) is 0 Å². The van der Waals surface area contributed by atoms with Gasteiger partial charge in [0.15, 0.2) is 0 Å². The van der Waals surface area contributed by atoms with Crippen LogP contribution in [0.5, 0.6) is 0 Å². The first-order valence-electron chi connectivity index (χ1n) is 4.13. The second-order valence-electron chi connectivity index (χ2n) is 3.54. The molecule has 0 aliphatic carbocycles. The Labute approximate surface area is 83.8 Å². The summed E-state index contributed by atoms with van der Waals surface area (Å²) in [7, 11) is -2.77. The van der Waals surface area contributed by atoms with Crippen LogP contribution < -0.4 is 0 Å². The van der Waals surface area contributed by atoms with Gasteiger partial charge in [-0.1, -0.05) is 29.8 Å². The molecule has 0 saturated heterocycles. The normalized spacial score (nSPS) is 17.3. The number of halogens is 1. The molecule has 2 unspecified atom stereocenters. The van der Waals surface area contributed by atoms with Gasteiger partial charge >= 0.3 is 0 Å². The van der Waals surface area contributed by atoms with Crippen molar-refractivity contribution >= 4 is 25.8 Å². The molecular weight excluding hydrogens is 240 g/mol. The molecule has 0 spiro atoms. The lowest BCUT2D eigenvalue weighted by Gasteiger charge is -2.11. The second kappa shape index (κ2) is 5.22. The Kier molecular flexibility index (Phi) is 5.41. The maximum atomic E-state index is 10.8. The minimum absolute atomic E-state index is 0.313. The number of sulfone groups is 1. The van der Waals surface area contributed by atoms with Gasteiger partial charge in [0.05, 0.1) is 5.75 Å². The smallest absolute Gasteiger partial charge is 0.147 e. The molecule has 0 radical (unpaired) electrons. The summed E-state index contributed by atoms with van der Waals surface area (Å²) in [5.74, 6) is 0.794. The Morgan fingerprint density at radius 2 is 1.83 bits per heavy atom. The standard InChI is InChI=1S/C8H17BrO2S/c1-7(6-8(2)9)4-5-12(3,10)11/h7-8H,4-6H2,1-3H3. The summed E-state index contributed by atoms with van der Waals surface area (Å²) in [4.78, 5) is 0.479. The third-order valence-corrected chi connectivity index (χ3v) is 3.06. The lowest BCUT2D eigenvalue weighted by atomic mass is 10.0. The lowest BCUT2D eigenvalue weighted by Crippen LogP contribution is -2.09. The van der Waals surface area contributed by atoms with Gasteiger partial charge in [0, 0.05) is 11.1 Å². The molecule has 0 aromatic heterocycles. The third kappa shape index (κ3) is 8.53. The molecule has 0 aliphatic rings. The third-order valence-electron chi connectivity index (χ3n) is 1.71. The monoisotopic (exact) mass is 256 g/mol. The van der Waals surface area contributed by atoms with Crippen LogP contribution in [-0.2, 0) is 9.84 Å². The van der Waals surface area contributed by atoms with Gasteiger partial charge in [-0.15, -0.1) is 0 Å². The molecule has 0 bridgehead atoms. The van der Waals surface area contributed by atoms with Crippen molar-refractivity contribution in [3.63, 3.8) is 0 Å². The fourth-order valence-electron chi connectivity index (χ4n) is 1.09. The molecule has 0 fully saturated rings. The van der Waals surface area contributed by atoms with Crippen LogP contribution in [0.2, 0.25) is 0 Å². The molecule has 2 atom stereocenters. The minimum atomic E-state index is -2.77. The van der Waals surface area contributed by atoms with Gasteiger partial charge < -0.3 is 0 Å². The molecule has 0 rings (SSSR count). The highest BCUT2D eigenvalue weighted by molar-refractivity contribution is 9.09. The molecular formula is C8H17BrO2S. The van der Waals surface area contributed by atoms with E-state index in [1.165, 1.54) is 6.26 Å². The zero-order valence-electron chi connectivity index (χ0n) is 7.88. The van der Waals surface area contributed by atoms with E-state index in [-0.39, 0.29) is 0 Å². The van der Waals surface area contributed by atoms with Crippen molar-refractivity contribution in [3.8, 4) is 0 Å². The predicted octanol–water partition coefficient (Wildman–Crippen LogP) is 2.23. The molecule has 74 valence electrons. The molecule has 0 saturated carbocycles. The van der Waals surface area contributed by atoms with E-state index in [1.807, 2.05) is 0 Å². The summed E-state index contributed by atoms with van der Waals surface area (Å²) in [5.41, 5.74) is 0. The summed E-state index contributed by atoms with van der Waals surface area (Å²) in [5, 5.41) is 0. The van der Waals surface area contributed by atoms with Crippen LogP contribution in [0, 0.1) is 5.92 Å². The van der Waals surface area contributed by atoms with Crippen LogP contribution in [-0.4, -0.2) is 25.3 Å². The highest BCUT2D eigenvalue weighted by atomic mass is 79.9. The molecule has 0 aromatic carbocycles. The van der Waals surface area contributed by atoms with E-state index in [9.17, 15) is 8.42 Å². The number of hydrogen-bond donors (Lipinski definition) is 0. The predicted molar refractivity (Wildman–Crippen MR) is 56.5 cm³/mol. The molecule has 0 N–H and O–H groups in total. The minimum Gasteiger partial charge on any atom is -0.229 e. The molecule has 0 aliphatic heterocycles. The number of alkyl halides is 1. The van der Waals surface area contributed by atoms with E-state index in [0.717, 1.165) is 12.8 Å². The van der Waals surface area contributed by atoms with Crippen LogP contribution in [0.15, 0.2) is 0 Å². The Hall–Kier alpha value is 0.430. The van der Waals surface area contributed by atoms with Gasteiger partial charge in [0.25, 0.3) is 0 Å². The van der Waals surface area contributed by atoms with Crippen molar-refractivity contribution in [2.75, 3.05) is 12.0 Å². The van der Waals surface area contributed by atoms with Gasteiger partial charge in [-0.3, -0.25) is 0 Å². The van der Waals surface area contributed by atoms with Crippen LogP contribution in [0.3, 0.4) is 0 Å². The van der Waals surface area contributed by atoms with E-state index in [0.29, 0.717) is 16.5 Å². The topological polar surface area (TPSA) is 34.1 Å². The largest absolute Gasteiger partial charge is 0.229 e. The van der Waals surface area contributed by atoms with Gasteiger partial charge in [-0.05, 0) is 18.8 Å². The maximum Gasteiger partial charge on any atom is 0.147 e. The average Bonchev–Trinajstić information content (AvgIpc) is 1.80. The fraction of sp³-hybridized carbons (Fsp3) is 1.00. The summed E-state index contributed by atoms with van der Waals surface area (Å²) in [6, 6.07) is 0. The van der Waals surface area contributed by atoms with E-state index < -0.39 is 9.84 Å². The maximum absolute atomic E-state index is 10.8. The van der Waals surface area contributed by atoms with Gasteiger partial charge in [-0.25, -0.2) is 8.42 Å². The second-order valence-corrected chi connectivity index (χ2v) is 7.36. The fourth-order valence-corrected chi connectivity index (χ4v) is 2.56. The molecule has 0 heterocycles. The first-order valence-corrected chi connectivity index (χ1v) is 7.10. The van der Waals surface area contributed by atoms with Crippen LogP contribution in [0.1, 0.15) is 26.7 Å². The Morgan fingerprint density at radius 3 is 2.17 bits per heavy atom. The van der Waals surface area contributed by atoms with E-state index in [2.05, 4.69) is 29.8 Å². The van der Waals surface area contributed by atoms with Crippen LogP contribution in [0.25, 0.3) is 0 Å². The van der Waals surface area contributed by atoms with Crippen molar-refractivity contribution in [3.05, 3.63) is 0 Å². The molecule has 4 heteroatoms. The summed E-state index contributed by atoms with van der Waals surface area (Å²) in [6.45, 7) is 4.17. The zero-order chi connectivity index (χ0) is 9.78. The highest BCUT2D eigenvalue weighted by Crippen LogP contribution is 2.15. The van der Waals surface area contributed by atoms with Crippen molar-refractivity contribution in [2.45, 2.75) is 31.5 Å². The van der Waals surface area contributed by atoms with E-state index >= 15 is 0 Å². The van der Waals surface area contributed by atoms with Gasteiger partial charge in [0.2, 0.25) is 0 Å². The molecule has 12 heavy (non-hydrogen) atoms. The molecule has 0 amide bonds. The van der Waals surface area contributed by atoms with Crippen LogP contribution >= 0.6 is 15.9 Å². The molecule has 0 aromatic rings. The van der Waals surface area contributed by atoms with Crippen molar-refractivity contribution in [2.24, 2.45) is 5.92 Å². The van der Waals surface area contributed by atoms with Crippen molar-refractivity contribution < 1.29 is 8.42 Å².